The van der Waals surface area contributed by atoms with Gasteiger partial charge in [0.05, 0.1) is 22.9 Å². The van der Waals surface area contributed by atoms with Crippen LogP contribution in [-0.2, 0) is 34.7 Å². The second-order valence-electron chi connectivity index (χ2n) is 9.11. The third-order valence-corrected chi connectivity index (χ3v) is 8.17. The Hall–Kier alpha value is -2.37. The maximum Gasteiger partial charge on any atom is 0.335 e. The molecule has 202 valence electrons. The molecule has 1 aromatic carbocycles. The molecule has 0 bridgehead atoms. The number of halogens is 1. The molecule has 9 nitrogen and oxygen atoms in total. The molecule has 6 N–H and O–H groups in total. The molecular weight excluding hydrogens is 518 g/mol. The molecule has 2 heterocycles. The molecule has 1 aromatic heterocycles. The van der Waals surface area contributed by atoms with Crippen molar-refractivity contribution in [2.75, 3.05) is 18.4 Å². The van der Waals surface area contributed by atoms with Crippen molar-refractivity contribution in [1.82, 2.24) is 10.3 Å². The van der Waals surface area contributed by atoms with E-state index < -0.39 is 24.1 Å². The summed E-state index contributed by atoms with van der Waals surface area (Å²) in [5.41, 5.74) is 6.23. The minimum atomic E-state index is -2.27. The smallest absolute Gasteiger partial charge is 0.335 e. The first-order chi connectivity index (χ1) is 17.8. The fourth-order valence-electron chi connectivity index (χ4n) is 4.30. The van der Waals surface area contributed by atoms with Crippen LogP contribution in [-0.4, -0.2) is 67.9 Å². The maximum absolute atomic E-state index is 9.77. The molecule has 1 saturated carbocycles. The molecule has 0 spiro atoms. The molecule has 1 aliphatic carbocycles. The van der Waals surface area contributed by atoms with Crippen LogP contribution in [0.5, 0.6) is 0 Å². The molecule has 0 saturated heterocycles. The number of hydrogen-bond donors (Lipinski definition) is 6. The minimum absolute atomic E-state index is 0.708. The number of carbonyl (C=O) groups is 2. The highest BCUT2D eigenvalue weighted by Crippen LogP contribution is 2.32. The van der Waals surface area contributed by atoms with Gasteiger partial charge in [-0.2, -0.15) is 11.8 Å². The molecule has 0 amide bonds. The van der Waals surface area contributed by atoms with Gasteiger partial charge in [0.2, 0.25) is 0 Å². The van der Waals surface area contributed by atoms with Gasteiger partial charge in [0, 0.05) is 17.2 Å². The van der Waals surface area contributed by atoms with Gasteiger partial charge < -0.3 is 31.1 Å². The summed E-state index contributed by atoms with van der Waals surface area (Å²) in [7, 11) is 0. The van der Waals surface area contributed by atoms with Crippen molar-refractivity contribution in [3.05, 3.63) is 57.9 Å². The maximum atomic E-state index is 9.77. The Kier molecular flexibility index (Phi) is 11.5. The summed E-state index contributed by atoms with van der Waals surface area (Å²) in [6.45, 7) is 2.75. The highest BCUT2D eigenvalue weighted by molar-refractivity contribution is 7.99. The van der Waals surface area contributed by atoms with E-state index in [1.807, 2.05) is 12.3 Å². The van der Waals surface area contributed by atoms with Crippen molar-refractivity contribution in [2.45, 2.75) is 68.3 Å². The summed E-state index contributed by atoms with van der Waals surface area (Å²) in [6.07, 6.45) is 5.17. The monoisotopic (exact) mass is 551 g/mol. The van der Waals surface area contributed by atoms with Crippen LogP contribution in [0.25, 0.3) is 0 Å². The number of carboxylic acids is 2. The van der Waals surface area contributed by atoms with Crippen LogP contribution in [0.2, 0.25) is 5.02 Å². The second-order valence-corrected chi connectivity index (χ2v) is 10.8. The fraction of sp³-hybridized carbons (Fsp3) is 0.500. The van der Waals surface area contributed by atoms with Crippen LogP contribution in [0.15, 0.2) is 30.5 Å². The molecule has 37 heavy (non-hydrogen) atoms. The zero-order chi connectivity index (χ0) is 26.8. The lowest BCUT2D eigenvalue weighted by molar-refractivity contribution is -0.165. The van der Waals surface area contributed by atoms with Crippen molar-refractivity contribution in [3.8, 4) is 0 Å². The van der Waals surface area contributed by atoms with E-state index in [0.717, 1.165) is 53.3 Å². The topological polar surface area (TPSA) is 152 Å². The third-order valence-electron chi connectivity index (χ3n) is 6.41. The predicted molar refractivity (Wildman–Crippen MR) is 144 cm³/mol. The molecule has 1 fully saturated rings. The van der Waals surface area contributed by atoms with E-state index in [1.54, 1.807) is 0 Å². The quantitative estimate of drug-likeness (QED) is 0.274. The van der Waals surface area contributed by atoms with Gasteiger partial charge in [0.15, 0.2) is 12.2 Å². The summed E-state index contributed by atoms with van der Waals surface area (Å²) in [5, 5.41) is 41.2. The first-order valence-corrected chi connectivity index (χ1v) is 13.8. The number of nitrogens with zero attached hydrogens (tertiary/aromatic N) is 1. The molecule has 1 aliphatic heterocycles. The number of nitrogens with one attached hydrogen (secondary N) is 2. The van der Waals surface area contributed by atoms with E-state index >= 15 is 0 Å². The van der Waals surface area contributed by atoms with Crippen molar-refractivity contribution in [2.24, 2.45) is 0 Å². The molecule has 2 unspecified atom stereocenters. The first kappa shape index (κ1) is 29.2. The van der Waals surface area contributed by atoms with Gasteiger partial charge in [0.25, 0.3) is 0 Å². The van der Waals surface area contributed by atoms with Gasteiger partial charge >= 0.3 is 11.9 Å². The summed E-state index contributed by atoms with van der Waals surface area (Å²) in [4.78, 5) is 24.2. The van der Waals surface area contributed by atoms with Crippen LogP contribution < -0.4 is 10.6 Å². The van der Waals surface area contributed by atoms with Crippen molar-refractivity contribution in [3.63, 3.8) is 0 Å². The summed E-state index contributed by atoms with van der Waals surface area (Å²) in [5.74, 6) is -2.46. The first-order valence-electron chi connectivity index (χ1n) is 12.4. The van der Waals surface area contributed by atoms with E-state index in [4.69, 9.17) is 32.0 Å². The normalized spacial score (nSPS) is 17.1. The van der Waals surface area contributed by atoms with Gasteiger partial charge in [0.1, 0.15) is 0 Å². The number of thioether (sulfide) groups is 1. The average Bonchev–Trinajstić information content (AvgIpc) is 3.30. The van der Waals surface area contributed by atoms with Gasteiger partial charge in [-0.25, -0.2) is 9.59 Å². The van der Waals surface area contributed by atoms with E-state index in [9.17, 15) is 9.59 Å². The van der Waals surface area contributed by atoms with Crippen LogP contribution in [0, 0.1) is 0 Å². The zero-order valence-electron chi connectivity index (χ0n) is 20.5. The van der Waals surface area contributed by atoms with E-state index in [0.29, 0.717) is 6.54 Å². The number of carboxylic acid groups (broad SMARTS) is 2. The van der Waals surface area contributed by atoms with Gasteiger partial charge in [-0.05, 0) is 67.6 Å². The number of anilines is 1. The average molecular weight is 552 g/mol. The Labute approximate surface area is 225 Å². The predicted octanol–water partition coefficient (Wildman–Crippen LogP) is 3.09. The third kappa shape index (κ3) is 8.86. The fourth-order valence-corrected chi connectivity index (χ4v) is 5.81. The largest absolute Gasteiger partial charge is 0.479 e. The van der Waals surface area contributed by atoms with E-state index in [1.165, 1.54) is 42.4 Å². The number of aromatic nitrogens is 1. The number of aliphatic carboxylic acids is 2. The number of hydrogen-bond acceptors (Lipinski definition) is 8. The number of benzene rings is 1. The number of fused-ring (bicyclic) bond motifs is 1. The standard InChI is InChI=1S/C22H28ClN3S.C4H6O6/c23-21-8-6-17-9-11-24-12-10-20(17)22(21)26-14-18-7-5-16(13-25-18)15-27-19-3-1-2-4-19;5-1(3(7)8)2(6)4(9)10/h5-8,13,19,24,26H,1-4,9-12,14-15H2;1-2,5-6H,(H,7,8)(H,9,10). The zero-order valence-corrected chi connectivity index (χ0v) is 22.1. The highest BCUT2D eigenvalue weighted by atomic mass is 35.5. The Morgan fingerprint density at radius 3 is 2.35 bits per heavy atom. The van der Waals surface area contributed by atoms with Crippen LogP contribution >= 0.6 is 23.4 Å². The summed E-state index contributed by atoms with van der Waals surface area (Å²) < 4.78 is 0. The van der Waals surface area contributed by atoms with Gasteiger partial charge in [-0.1, -0.05) is 36.6 Å². The molecule has 0 radical (unpaired) electrons. The van der Waals surface area contributed by atoms with Crippen molar-refractivity contribution >= 4 is 41.0 Å². The van der Waals surface area contributed by atoms with E-state index in [2.05, 4.69) is 45.6 Å². The molecule has 11 heteroatoms. The molecule has 2 aromatic rings. The minimum Gasteiger partial charge on any atom is -0.479 e. The number of aliphatic hydroxyl groups is 2. The number of pyridine rings is 1. The molecule has 4 rings (SSSR count). The molecule has 2 aliphatic rings. The lowest BCUT2D eigenvalue weighted by atomic mass is 10.0. The molecule has 2 atom stereocenters. The Morgan fingerprint density at radius 2 is 1.73 bits per heavy atom. The lowest BCUT2D eigenvalue weighted by Crippen LogP contribution is -2.39. The van der Waals surface area contributed by atoms with Crippen LogP contribution in [0.3, 0.4) is 0 Å². The summed E-state index contributed by atoms with van der Waals surface area (Å²) >= 11 is 8.60. The summed E-state index contributed by atoms with van der Waals surface area (Å²) in [6, 6.07) is 8.56. The van der Waals surface area contributed by atoms with Crippen LogP contribution in [0.4, 0.5) is 5.69 Å². The van der Waals surface area contributed by atoms with Crippen molar-refractivity contribution in [1.29, 1.82) is 0 Å². The van der Waals surface area contributed by atoms with Gasteiger partial charge in [-0.3, -0.25) is 4.98 Å². The SMILES string of the molecule is Clc1ccc2c(c1NCc1ccc(CSC3CCCC3)cn1)CCNCC2.O=C(O)C(O)C(O)C(=O)O. The highest BCUT2D eigenvalue weighted by Gasteiger charge is 2.29. The Bertz CT molecular complexity index is 1030. The Morgan fingerprint density at radius 1 is 1.05 bits per heavy atom. The lowest BCUT2D eigenvalue weighted by Gasteiger charge is -2.16. The van der Waals surface area contributed by atoms with E-state index in [-0.39, 0.29) is 0 Å². The number of rotatable bonds is 9. The molecular formula is C26H34ClN3O6S. The van der Waals surface area contributed by atoms with Crippen molar-refractivity contribution < 1.29 is 30.0 Å². The second kappa shape index (κ2) is 14.5. The number of aliphatic hydroxyl groups excluding tert-OH is 2. The van der Waals surface area contributed by atoms with Crippen LogP contribution in [0.1, 0.15) is 48.1 Å². The Balaban J connectivity index is 0.000000325. The van der Waals surface area contributed by atoms with Gasteiger partial charge in [-0.15, -0.1) is 0 Å².